The van der Waals surface area contributed by atoms with E-state index in [-0.39, 0.29) is 5.82 Å². The van der Waals surface area contributed by atoms with Crippen LogP contribution in [0.2, 0.25) is 0 Å². The van der Waals surface area contributed by atoms with Crippen molar-refractivity contribution in [2.24, 2.45) is 0 Å². The molecule has 23 heavy (non-hydrogen) atoms. The highest BCUT2D eigenvalue weighted by atomic mass is 19.1. The van der Waals surface area contributed by atoms with Gasteiger partial charge in [-0.05, 0) is 29.8 Å². The summed E-state index contributed by atoms with van der Waals surface area (Å²) in [5.41, 5.74) is 1.36. The van der Waals surface area contributed by atoms with Crippen LogP contribution >= 0.6 is 0 Å². The van der Waals surface area contributed by atoms with Gasteiger partial charge in [-0.3, -0.25) is 0 Å². The molecule has 0 radical (unpaired) electrons. The van der Waals surface area contributed by atoms with Crippen molar-refractivity contribution in [3.05, 3.63) is 83.9 Å². The molecule has 0 bridgehead atoms. The van der Waals surface area contributed by atoms with E-state index in [0.717, 1.165) is 11.3 Å². The molecule has 1 aromatic heterocycles. The molecule has 0 aliphatic heterocycles. The molecule has 0 saturated carbocycles. The van der Waals surface area contributed by atoms with E-state index in [4.69, 9.17) is 4.42 Å². The molecular formula is C19H19FNO2+. The molecule has 0 unspecified atom stereocenters. The number of furan rings is 1. The van der Waals surface area contributed by atoms with Gasteiger partial charge in [0.05, 0.1) is 5.56 Å². The van der Waals surface area contributed by atoms with Crippen LogP contribution in [0.4, 0.5) is 4.39 Å². The van der Waals surface area contributed by atoms with Gasteiger partial charge in [0.25, 0.3) is 0 Å². The van der Waals surface area contributed by atoms with Crippen molar-refractivity contribution in [3.8, 4) is 11.3 Å². The van der Waals surface area contributed by atoms with Gasteiger partial charge in [0.1, 0.15) is 30.8 Å². The molecule has 3 nitrogen and oxygen atoms in total. The van der Waals surface area contributed by atoms with E-state index in [0.29, 0.717) is 24.4 Å². The summed E-state index contributed by atoms with van der Waals surface area (Å²) in [7, 11) is 0. The average molecular weight is 312 g/mol. The second-order valence-corrected chi connectivity index (χ2v) is 5.40. The van der Waals surface area contributed by atoms with E-state index in [1.54, 1.807) is 24.3 Å². The third-order valence-electron chi connectivity index (χ3n) is 3.72. The van der Waals surface area contributed by atoms with Crippen LogP contribution in [0.15, 0.2) is 71.1 Å². The first-order valence-corrected chi connectivity index (χ1v) is 7.62. The normalized spacial score (nSPS) is 12.3. The number of aliphatic hydroxyl groups is 1. The highest BCUT2D eigenvalue weighted by Gasteiger charge is 2.12. The second-order valence-electron chi connectivity index (χ2n) is 5.40. The Morgan fingerprint density at radius 1 is 0.957 bits per heavy atom. The smallest absolute Gasteiger partial charge is 0.158 e. The number of quaternary nitrogens is 1. The monoisotopic (exact) mass is 312 g/mol. The van der Waals surface area contributed by atoms with E-state index in [9.17, 15) is 9.50 Å². The summed E-state index contributed by atoms with van der Waals surface area (Å²) in [5.74, 6) is 0.982. The summed E-state index contributed by atoms with van der Waals surface area (Å²) in [6, 6.07) is 19.7. The fraction of sp³-hybridized carbons (Fsp3) is 0.158. The topological polar surface area (TPSA) is 50.0 Å². The van der Waals surface area contributed by atoms with Crippen LogP contribution < -0.4 is 5.32 Å². The van der Waals surface area contributed by atoms with E-state index in [1.807, 2.05) is 41.7 Å². The minimum atomic E-state index is -0.516. The Morgan fingerprint density at radius 2 is 1.70 bits per heavy atom. The van der Waals surface area contributed by atoms with Crippen LogP contribution in [0.5, 0.6) is 0 Å². The second kappa shape index (κ2) is 7.22. The molecule has 2 aromatic carbocycles. The van der Waals surface area contributed by atoms with E-state index >= 15 is 0 Å². The van der Waals surface area contributed by atoms with Gasteiger partial charge in [-0.15, -0.1) is 0 Å². The first-order valence-electron chi connectivity index (χ1n) is 7.62. The lowest BCUT2D eigenvalue weighted by Gasteiger charge is -2.08. The van der Waals surface area contributed by atoms with E-state index in [2.05, 4.69) is 0 Å². The Bertz CT molecular complexity index is 755. The van der Waals surface area contributed by atoms with Crippen LogP contribution in [0.25, 0.3) is 11.3 Å². The molecule has 0 spiro atoms. The van der Waals surface area contributed by atoms with E-state index in [1.165, 1.54) is 6.07 Å². The fourth-order valence-corrected chi connectivity index (χ4v) is 2.49. The van der Waals surface area contributed by atoms with Crippen LogP contribution in [-0.4, -0.2) is 11.7 Å². The average Bonchev–Trinajstić information content (AvgIpc) is 3.04. The molecule has 1 atom stereocenters. The number of hydrogen-bond acceptors (Lipinski definition) is 2. The molecule has 0 amide bonds. The van der Waals surface area contributed by atoms with Crippen molar-refractivity contribution in [2.45, 2.75) is 12.6 Å². The summed E-state index contributed by atoms with van der Waals surface area (Å²) in [6.07, 6.45) is -0.516. The molecule has 0 aliphatic rings. The SMILES string of the molecule is O[C@@H](C[NH2+]Cc1ccc(-c2ccccc2F)o1)c1ccccc1. The van der Waals surface area contributed by atoms with Crippen molar-refractivity contribution < 1.29 is 19.2 Å². The third-order valence-corrected chi connectivity index (χ3v) is 3.72. The minimum Gasteiger partial charge on any atom is -0.455 e. The quantitative estimate of drug-likeness (QED) is 0.735. The van der Waals surface area contributed by atoms with Gasteiger partial charge in [0.15, 0.2) is 5.76 Å². The number of nitrogens with two attached hydrogens (primary N) is 1. The highest BCUT2D eigenvalue weighted by Crippen LogP contribution is 2.24. The summed E-state index contributed by atoms with van der Waals surface area (Å²) >= 11 is 0. The summed E-state index contributed by atoms with van der Waals surface area (Å²) in [5, 5.41) is 12.1. The molecule has 3 rings (SSSR count). The zero-order valence-electron chi connectivity index (χ0n) is 12.7. The third kappa shape index (κ3) is 3.86. The Balaban J connectivity index is 1.57. The zero-order valence-corrected chi connectivity index (χ0v) is 12.7. The van der Waals surface area contributed by atoms with Crippen molar-refractivity contribution in [2.75, 3.05) is 6.54 Å². The number of halogens is 1. The molecule has 4 heteroatoms. The van der Waals surface area contributed by atoms with E-state index < -0.39 is 6.10 Å². The summed E-state index contributed by atoms with van der Waals surface area (Å²) in [4.78, 5) is 0. The fourth-order valence-electron chi connectivity index (χ4n) is 2.49. The van der Waals surface area contributed by atoms with Gasteiger partial charge in [-0.2, -0.15) is 0 Å². The zero-order chi connectivity index (χ0) is 16.1. The molecule has 0 aliphatic carbocycles. The van der Waals surface area contributed by atoms with Crippen LogP contribution in [0.1, 0.15) is 17.4 Å². The number of benzene rings is 2. The molecule has 0 saturated heterocycles. The molecule has 1 heterocycles. The first-order chi connectivity index (χ1) is 11.2. The molecule has 0 fully saturated rings. The number of rotatable bonds is 6. The van der Waals surface area contributed by atoms with Gasteiger partial charge in [0, 0.05) is 0 Å². The summed E-state index contributed by atoms with van der Waals surface area (Å²) in [6.45, 7) is 1.14. The summed E-state index contributed by atoms with van der Waals surface area (Å²) < 4.78 is 19.4. The Morgan fingerprint density at radius 3 is 2.48 bits per heavy atom. The van der Waals surface area contributed by atoms with Gasteiger partial charge < -0.3 is 14.8 Å². The van der Waals surface area contributed by atoms with Crippen molar-refractivity contribution in [1.29, 1.82) is 0 Å². The van der Waals surface area contributed by atoms with Crippen LogP contribution in [0, 0.1) is 5.82 Å². The van der Waals surface area contributed by atoms with Crippen LogP contribution in [-0.2, 0) is 6.54 Å². The van der Waals surface area contributed by atoms with Crippen molar-refractivity contribution in [1.82, 2.24) is 0 Å². The van der Waals surface area contributed by atoms with Gasteiger partial charge >= 0.3 is 0 Å². The Labute approximate surface area is 134 Å². The van der Waals surface area contributed by atoms with Crippen molar-refractivity contribution >= 4 is 0 Å². The first kappa shape index (κ1) is 15.5. The van der Waals surface area contributed by atoms with Crippen LogP contribution in [0.3, 0.4) is 0 Å². The Hall–Kier alpha value is -2.43. The molecule has 3 aromatic rings. The maximum absolute atomic E-state index is 13.7. The highest BCUT2D eigenvalue weighted by molar-refractivity contribution is 5.58. The number of aliphatic hydroxyl groups excluding tert-OH is 1. The standard InChI is InChI=1S/C19H18FNO2/c20-17-9-5-4-8-16(17)19-11-10-15(23-19)12-21-13-18(22)14-6-2-1-3-7-14/h1-11,18,21-22H,12-13H2/p+1/t18-/m0/s1. The van der Waals surface area contributed by atoms with Crippen molar-refractivity contribution in [3.63, 3.8) is 0 Å². The molecule has 118 valence electrons. The lowest BCUT2D eigenvalue weighted by molar-refractivity contribution is -0.679. The number of hydrogen-bond donors (Lipinski definition) is 2. The largest absolute Gasteiger partial charge is 0.455 e. The maximum atomic E-state index is 13.7. The predicted octanol–water partition coefficient (Wildman–Crippen LogP) is 2.88. The minimum absolute atomic E-state index is 0.295. The van der Waals surface area contributed by atoms with Gasteiger partial charge in [-0.1, -0.05) is 42.5 Å². The Kier molecular flexibility index (Phi) is 4.86. The van der Waals surface area contributed by atoms with Gasteiger partial charge in [-0.25, -0.2) is 4.39 Å². The maximum Gasteiger partial charge on any atom is 0.158 e. The predicted molar refractivity (Wildman–Crippen MR) is 86.0 cm³/mol. The lowest BCUT2D eigenvalue weighted by atomic mass is 10.1. The lowest BCUT2D eigenvalue weighted by Crippen LogP contribution is -2.83. The van der Waals surface area contributed by atoms with Gasteiger partial charge in [0.2, 0.25) is 0 Å². The molecule has 3 N–H and O–H groups in total. The molecular weight excluding hydrogens is 293 g/mol.